The van der Waals surface area contributed by atoms with Crippen molar-refractivity contribution in [3.8, 4) is 0 Å². The van der Waals surface area contributed by atoms with Crippen LogP contribution in [0.4, 0.5) is 11.4 Å². The second kappa shape index (κ2) is 7.85. The van der Waals surface area contributed by atoms with E-state index >= 15 is 0 Å². The Morgan fingerprint density at radius 2 is 1.57 bits per heavy atom. The van der Waals surface area contributed by atoms with E-state index < -0.39 is 47.6 Å². The van der Waals surface area contributed by atoms with Gasteiger partial charge in [-0.1, -0.05) is 6.07 Å². The van der Waals surface area contributed by atoms with Crippen LogP contribution in [0.3, 0.4) is 0 Å². The largest absolute Gasteiger partial charge is 0.389 e. The van der Waals surface area contributed by atoms with Crippen LogP contribution in [0, 0.1) is 0 Å². The van der Waals surface area contributed by atoms with E-state index in [1.807, 2.05) is 0 Å². The van der Waals surface area contributed by atoms with Crippen molar-refractivity contribution in [3.05, 3.63) is 47.5 Å². The van der Waals surface area contributed by atoms with Gasteiger partial charge < -0.3 is 15.7 Å². The third-order valence-electron chi connectivity index (χ3n) is 3.80. The molecule has 2 aromatic carbocycles. The molecule has 0 aliphatic heterocycles. The van der Waals surface area contributed by atoms with E-state index in [-0.39, 0.29) is 16.9 Å². The topological polar surface area (TPSA) is 170 Å². The zero-order valence-electron chi connectivity index (χ0n) is 14.7. The number of nitrogens with one attached hydrogen (secondary N) is 2. The molecule has 1 amide bonds. The Hall–Kier alpha value is -2.51. The number of benzene rings is 2. The summed E-state index contributed by atoms with van der Waals surface area (Å²) >= 11 is 0. The molecule has 1 atom stereocenters. The number of amides is 1. The van der Waals surface area contributed by atoms with Crippen molar-refractivity contribution in [3.63, 3.8) is 0 Å². The standard InChI is InChI=1S/C16H18N2O8S2/c1-9(19)10-3-5-12(14(7-10)27(21,22)23)16(20)18-11-4-6-13(17-2)15(8-11)28(24,25)26/h3-9,17,19H,1-2H3,(H,18,20)(H,21,22,23)(H,24,25,26). The van der Waals surface area contributed by atoms with Crippen molar-refractivity contribution in [2.24, 2.45) is 0 Å². The van der Waals surface area contributed by atoms with Crippen LogP contribution in [-0.2, 0) is 20.2 Å². The molecule has 5 N–H and O–H groups in total. The number of aliphatic hydroxyl groups is 1. The molecule has 12 heteroatoms. The second-order valence-corrected chi connectivity index (χ2v) is 8.58. The Labute approximate surface area is 161 Å². The maximum Gasteiger partial charge on any atom is 0.296 e. The molecule has 0 aliphatic rings. The fourth-order valence-electron chi connectivity index (χ4n) is 2.42. The zero-order chi connectivity index (χ0) is 21.3. The number of carbonyl (C=O) groups is 1. The van der Waals surface area contributed by atoms with Crippen LogP contribution in [0.25, 0.3) is 0 Å². The van der Waals surface area contributed by atoms with Crippen molar-refractivity contribution in [1.29, 1.82) is 0 Å². The molecule has 2 rings (SSSR count). The Balaban J connectivity index is 2.49. The molecule has 0 radical (unpaired) electrons. The lowest BCUT2D eigenvalue weighted by Gasteiger charge is -2.13. The molecule has 0 fully saturated rings. The Kier molecular flexibility index (Phi) is 6.11. The van der Waals surface area contributed by atoms with Crippen LogP contribution in [0.5, 0.6) is 0 Å². The van der Waals surface area contributed by atoms with Crippen LogP contribution in [0.15, 0.2) is 46.2 Å². The van der Waals surface area contributed by atoms with Crippen LogP contribution < -0.4 is 10.6 Å². The van der Waals surface area contributed by atoms with Gasteiger partial charge in [0.25, 0.3) is 26.1 Å². The smallest absolute Gasteiger partial charge is 0.296 e. The fourth-order valence-corrected chi connectivity index (χ4v) is 3.87. The Bertz CT molecular complexity index is 1130. The first-order chi connectivity index (χ1) is 12.8. The second-order valence-electron chi connectivity index (χ2n) is 5.80. The van der Waals surface area contributed by atoms with Crippen LogP contribution >= 0.6 is 0 Å². The van der Waals surface area contributed by atoms with Gasteiger partial charge in [-0.3, -0.25) is 13.9 Å². The molecule has 1 unspecified atom stereocenters. The first-order valence-corrected chi connectivity index (χ1v) is 10.6. The maximum atomic E-state index is 12.5. The number of aliphatic hydroxyl groups excluding tert-OH is 1. The minimum atomic E-state index is -4.79. The number of rotatable bonds is 6. The summed E-state index contributed by atoms with van der Waals surface area (Å²) in [4.78, 5) is 11.3. The van der Waals surface area contributed by atoms with Crippen molar-refractivity contribution in [2.75, 3.05) is 17.7 Å². The molecule has 152 valence electrons. The molecule has 0 aliphatic carbocycles. The average molecular weight is 430 g/mol. The summed E-state index contributed by atoms with van der Waals surface area (Å²) < 4.78 is 64.9. The Morgan fingerprint density at radius 1 is 0.964 bits per heavy atom. The SMILES string of the molecule is CNc1ccc(NC(=O)c2ccc(C(C)O)cc2S(=O)(=O)O)cc1S(=O)(=O)O. The fraction of sp³-hybridized carbons (Fsp3) is 0.188. The van der Waals surface area contributed by atoms with Gasteiger partial charge in [-0.25, -0.2) is 0 Å². The molecule has 28 heavy (non-hydrogen) atoms. The molecule has 0 bridgehead atoms. The summed E-state index contributed by atoms with van der Waals surface area (Å²) in [6, 6.07) is 6.97. The first kappa shape index (κ1) is 21.8. The van der Waals surface area contributed by atoms with E-state index in [2.05, 4.69) is 10.6 Å². The summed E-state index contributed by atoms with van der Waals surface area (Å²) in [6.07, 6.45) is -1.04. The third kappa shape index (κ3) is 4.85. The van der Waals surface area contributed by atoms with Gasteiger partial charge in [-0.2, -0.15) is 16.8 Å². The number of anilines is 2. The van der Waals surface area contributed by atoms with Crippen molar-refractivity contribution < 1.29 is 35.8 Å². The molecular weight excluding hydrogens is 412 g/mol. The van der Waals surface area contributed by atoms with E-state index in [0.29, 0.717) is 0 Å². The van der Waals surface area contributed by atoms with Gasteiger partial charge in [0.15, 0.2) is 0 Å². The van der Waals surface area contributed by atoms with Crippen LogP contribution in [0.2, 0.25) is 0 Å². The van der Waals surface area contributed by atoms with Gasteiger partial charge in [-0.15, -0.1) is 0 Å². The van der Waals surface area contributed by atoms with Crippen molar-refractivity contribution in [2.45, 2.75) is 22.8 Å². The van der Waals surface area contributed by atoms with Crippen molar-refractivity contribution >= 4 is 37.5 Å². The molecular formula is C16H18N2O8S2. The summed E-state index contributed by atoms with van der Waals surface area (Å²) in [5.74, 6) is -0.955. The lowest BCUT2D eigenvalue weighted by molar-refractivity contribution is 0.102. The minimum absolute atomic E-state index is 0.0440. The zero-order valence-corrected chi connectivity index (χ0v) is 16.4. The normalized spacial score (nSPS) is 13.0. The van der Waals surface area contributed by atoms with Gasteiger partial charge in [0.1, 0.15) is 9.79 Å². The molecule has 0 heterocycles. The van der Waals surface area contributed by atoms with E-state index in [1.165, 1.54) is 32.2 Å². The van der Waals surface area contributed by atoms with Gasteiger partial charge in [0.2, 0.25) is 0 Å². The summed E-state index contributed by atoms with van der Waals surface area (Å²) in [5.41, 5.74) is -0.216. The first-order valence-electron chi connectivity index (χ1n) is 7.74. The highest BCUT2D eigenvalue weighted by molar-refractivity contribution is 7.86. The highest BCUT2D eigenvalue weighted by atomic mass is 32.2. The predicted octanol–water partition coefficient (Wildman–Crippen LogP) is 1.53. The number of hydrogen-bond donors (Lipinski definition) is 5. The van der Waals surface area contributed by atoms with E-state index in [4.69, 9.17) is 0 Å². The van der Waals surface area contributed by atoms with Gasteiger partial charge >= 0.3 is 0 Å². The summed E-state index contributed by atoms with van der Waals surface area (Å²) in [5, 5.41) is 14.4. The van der Waals surface area contributed by atoms with E-state index in [0.717, 1.165) is 18.2 Å². The lowest BCUT2D eigenvalue weighted by Crippen LogP contribution is -2.17. The lowest BCUT2D eigenvalue weighted by atomic mass is 10.1. The molecule has 10 nitrogen and oxygen atoms in total. The highest BCUT2D eigenvalue weighted by Crippen LogP contribution is 2.26. The van der Waals surface area contributed by atoms with Crippen molar-refractivity contribution in [1.82, 2.24) is 0 Å². The molecule has 0 saturated heterocycles. The highest BCUT2D eigenvalue weighted by Gasteiger charge is 2.23. The number of carbonyl (C=O) groups excluding carboxylic acids is 1. The quantitative estimate of drug-likeness (QED) is 0.426. The third-order valence-corrected chi connectivity index (χ3v) is 5.58. The molecule has 0 spiro atoms. The summed E-state index contributed by atoms with van der Waals surface area (Å²) in [7, 11) is -7.94. The van der Waals surface area contributed by atoms with Crippen LogP contribution in [-0.4, -0.2) is 44.0 Å². The molecule has 0 aromatic heterocycles. The minimum Gasteiger partial charge on any atom is -0.389 e. The van der Waals surface area contributed by atoms with Gasteiger partial charge in [0, 0.05) is 12.7 Å². The Morgan fingerprint density at radius 3 is 2.07 bits per heavy atom. The predicted molar refractivity (Wildman–Crippen MR) is 101 cm³/mol. The monoisotopic (exact) mass is 430 g/mol. The average Bonchev–Trinajstić information content (AvgIpc) is 2.59. The number of hydrogen-bond acceptors (Lipinski definition) is 7. The molecule has 0 saturated carbocycles. The molecule has 2 aromatic rings. The van der Waals surface area contributed by atoms with E-state index in [9.17, 15) is 35.8 Å². The van der Waals surface area contributed by atoms with Gasteiger partial charge in [0.05, 0.1) is 17.4 Å². The van der Waals surface area contributed by atoms with Gasteiger partial charge in [-0.05, 0) is 42.8 Å². The van der Waals surface area contributed by atoms with Crippen LogP contribution in [0.1, 0.15) is 28.9 Å². The maximum absolute atomic E-state index is 12.5. The van der Waals surface area contributed by atoms with E-state index in [1.54, 1.807) is 0 Å². The summed E-state index contributed by atoms with van der Waals surface area (Å²) in [6.45, 7) is 1.38.